The molecule has 0 aliphatic heterocycles. The molecule has 0 aliphatic carbocycles. The molecule has 0 atom stereocenters. The predicted octanol–water partition coefficient (Wildman–Crippen LogP) is 3.21. The molecule has 0 saturated carbocycles. The molecule has 0 unspecified atom stereocenters. The molecule has 0 aliphatic rings. The van der Waals surface area contributed by atoms with Crippen LogP contribution in [-0.4, -0.2) is 11.1 Å². The maximum Gasteiger partial charge on any atom is 0.346 e. The summed E-state index contributed by atoms with van der Waals surface area (Å²) in [6.45, 7) is 0. The van der Waals surface area contributed by atoms with Gasteiger partial charge < -0.3 is 9.52 Å². The summed E-state index contributed by atoms with van der Waals surface area (Å²) in [5.41, 5.74) is 0.698. The molecule has 0 amide bonds. The van der Waals surface area contributed by atoms with Crippen LogP contribution in [0.3, 0.4) is 0 Å². The SMILES string of the molecule is O=C(O)c1sccc1/C=C/c1ccco1. The van der Waals surface area contributed by atoms with Crippen molar-refractivity contribution in [3.8, 4) is 0 Å². The summed E-state index contributed by atoms with van der Waals surface area (Å²) in [7, 11) is 0. The van der Waals surface area contributed by atoms with Gasteiger partial charge in [0.25, 0.3) is 0 Å². The second kappa shape index (κ2) is 4.14. The molecule has 0 saturated heterocycles. The van der Waals surface area contributed by atoms with Crippen LogP contribution in [0.2, 0.25) is 0 Å². The van der Waals surface area contributed by atoms with Crippen molar-refractivity contribution >= 4 is 29.5 Å². The quantitative estimate of drug-likeness (QED) is 0.864. The number of hydrogen-bond donors (Lipinski definition) is 1. The fraction of sp³-hybridized carbons (Fsp3) is 0. The first-order chi connectivity index (χ1) is 7.27. The summed E-state index contributed by atoms with van der Waals surface area (Å²) in [5, 5.41) is 10.6. The predicted molar refractivity (Wildman–Crippen MR) is 58.9 cm³/mol. The lowest BCUT2D eigenvalue weighted by atomic mass is 10.2. The Kier molecular flexibility index (Phi) is 2.69. The number of furan rings is 1. The zero-order chi connectivity index (χ0) is 10.7. The van der Waals surface area contributed by atoms with Crippen LogP contribution in [0, 0.1) is 0 Å². The van der Waals surface area contributed by atoms with Crippen molar-refractivity contribution in [2.24, 2.45) is 0 Å². The van der Waals surface area contributed by atoms with Gasteiger partial charge in [0.05, 0.1) is 6.26 Å². The highest BCUT2D eigenvalue weighted by Crippen LogP contribution is 2.19. The average Bonchev–Trinajstić information content (AvgIpc) is 2.86. The standard InChI is InChI=1S/C11H8O3S/c12-11(13)10-8(5-7-15-10)3-4-9-2-1-6-14-9/h1-7H,(H,12,13)/b4-3+. The van der Waals surface area contributed by atoms with Crippen LogP contribution in [0.15, 0.2) is 34.3 Å². The second-order valence-corrected chi connectivity index (χ2v) is 3.78. The number of hydrogen-bond acceptors (Lipinski definition) is 3. The minimum absolute atomic E-state index is 0.345. The number of carbonyl (C=O) groups is 1. The van der Waals surface area contributed by atoms with E-state index in [1.54, 1.807) is 35.9 Å². The minimum Gasteiger partial charge on any atom is -0.477 e. The van der Waals surface area contributed by atoms with Gasteiger partial charge in [0, 0.05) is 0 Å². The summed E-state index contributed by atoms with van der Waals surface area (Å²) >= 11 is 1.21. The molecule has 2 aromatic heterocycles. The van der Waals surface area contributed by atoms with Crippen LogP contribution in [-0.2, 0) is 0 Å². The molecule has 2 rings (SSSR count). The highest BCUT2D eigenvalue weighted by atomic mass is 32.1. The van der Waals surface area contributed by atoms with Crippen molar-refractivity contribution < 1.29 is 14.3 Å². The van der Waals surface area contributed by atoms with Crippen molar-refractivity contribution in [1.29, 1.82) is 0 Å². The van der Waals surface area contributed by atoms with Crippen LogP contribution >= 0.6 is 11.3 Å². The van der Waals surface area contributed by atoms with Crippen LogP contribution < -0.4 is 0 Å². The third-order valence-electron chi connectivity index (χ3n) is 1.86. The molecule has 1 N–H and O–H groups in total. The highest BCUT2D eigenvalue weighted by molar-refractivity contribution is 7.12. The van der Waals surface area contributed by atoms with Gasteiger partial charge in [0.2, 0.25) is 0 Å². The van der Waals surface area contributed by atoms with Crippen LogP contribution in [0.4, 0.5) is 0 Å². The molecule has 3 nitrogen and oxygen atoms in total. The van der Waals surface area contributed by atoms with E-state index >= 15 is 0 Å². The molecule has 2 aromatic rings. The molecular formula is C11H8O3S. The van der Waals surface area contributed by atoms with Gasteiger partial charge in [-0.05, 0) is 41.3 Å². The second-order valence-electron chi connectivity index (χ2n) is 2.86. The van der Waals surface area contributed by atoms with Gasteiger partial charge in [-0.25, -0.2) is 4.79 Å². The van der Waals surface area contributed by atoms with Gasteiger partial charge in [-0.15, -0.1) is 11.3 Å². The number of rotatable bonds is 3. The van der Waals surface area contributed by atoms with E-state index in [0.717, 1.165) is 0 Å². The Labute approximate surface area is 90.3 Å². The monoisotopic (exact) mass is 220 g/mol. The molecular weight excluding hydrogens is 212 g/mol. The molecule has 0 spiro atoms. The smallest absolute Gasteiger partial charge is 0.346 e. The number of aromatic carboxylic acids is 1. The van der Waals surface area contributed by atoms with Crippen molar-refractivity contribution in [3.05, 3.63) is 46.0 Å². The average molecular weight is 220 g/mol. The summed E-state index contributed by atoms with van der Waals surface area (Å²) in [4.78, 5) is 11.1. The van der Waals surface area contributed by atoms with Gasteiger partial charge in [0.15, 0.2) is 0 Å². The van der Waals surface area contributed by atoms with E-state index in [4.69, 9.17) is 9.52 Å². The maximum atomic E-state index is 10.8. The Morgan fingerprint density at radius 2 is 2.27 bits per heavy atom. The van der Waals surface area contributed by atoms with E-state index in [1.807, 2.05) is 6.07 Å². The fourth-order valence-corrected chi connectivity index (χ4v) is 1.91. The normalized spacial score (nSPS) is 10.9. The molecule has 76 valence electrons. The third-order valence-corrected chi connectivity index (χ3v) is 2.78. The Morgan fingerprint density at radius 1 is 1.40 bits per heavy atom. The largest absolute Gasteiger partial charge is 0.477 e. The van der Waals surface area contributed by atoms with Crippen LogP contribution in [0.1, 0.15) is 21.0 Å². The van der Waals surface area contributed by atoms with Gasteiger partial charge >= 0.3 is 5.97 Å². The molecule has 0 bridgehead atoms. The molecule has 15 heavy (non-hydrogen) atoms. The van der Waals surface area contributed by atoms with E-state index in [1.165, 1.54) is 11.3 Å². The van der Waals surface area contributed by atoms with Gasteiger partial charge in [-0.3, -0.25) is 0 Å². The number of thiophene rings is 1. The molecule has 4 heteroatoms. The summed E-state index contributed by atoms with van der Waals surface area (Å²) < 4.78 is 5.10. The van der Waals surface area contributed by atoms with Crippen molar-refractivity contribution in [2.75, 3.05) is 0 Å². The summed E-state index contributed by atoms with van der Waals surface area (Å²) in [6.07, 6.45) is 5.05. The number of carboxylic acid groups (broad SMARTS) is 1. The van der Waals surface area contributed by atoms with Gasteiger partial charge in [0.1, 0.15) is 10.6 Å². The Hall–Kier alpha value is -1.81. The van der Waals surface area contributed by atoms with Crippen molar-refractivity contribution in [2.45, 2.75) is 0 Å². The summed E-state index contributed by atoms with van der Waals surface area (Å²) in [6, 6.07) is 5.36. The van der Waals surface area contributed by atoms with E-state index in [2.05, 4.69) is 0 Å². The summed E-state index contributed by atoms with van der Waals surface area (Å²) in [5.74, 6) is -0.193. The van der Waals surface area contributed by atoms with Crippen molar-refractivity contribution in [3.63, 3.8) is 0 Å². The van der Waals surface area contributed by atoms with E-state index in [-0.39, 0.29) is 0 Å². The topological polar surface area (TPSA) is 50.4 Å². The third kappa shape index (κ3) is 2.16. The lowest BCUT2D eigenvalue weighted by molar-refractivity contribution is 0.0702. The zero-order valence-electron chi connectivity index (χ0n) is 7.71. The first kappa shape index (κ1) is 9.73. The zero-order valence-corrected chi connectivity index (χ0v) is 8.53. The van der Waals surface area contributed by atoms with Crippen LogP contribution in [0.5, 0.6) is 0 Å². The minimum atomic E-state index is -0.899. The molecule has 0 aromatic carbocycles. The molecule has 0 fully saturated rings. The lowest BCUT2D eigenvalue weighted by Gasteiger charge is -1.90. The van der Waals surface area contributed by atoms with Gasteiger partial charge in [-0.1, -0.05) is 0 Å². The van der Waals surface area contributed by atoms with Crippen molar-refractivity contribution in [1.82, 2.24) is 0 Å². The molecule has 0 radical (unpaired) electrons. The molecule has 2 heterocycles. The number of carboxylic acids is 1. The van der Waals surface area contributed by atoms with Gasteiger partial charge in [-0.2, -0.15) is 0 Å². The Morgan fingerprint density at radius 3 is 2.93 bits per heavy atom. The van der Waals surface area contributed by atoms with Crippen LogP contribution in [0.25, 0.3) is 12.2 Å². The van der Waals surface area contributed by atoms with E-state index in [0.29, 0.717) is 16.2 Å². The Bertz CT molecular complexity index is 480. The first-order valence-corrected chi connectivity index (χ1v) is 5.18. The Balaban J connectivity index is 2.24. The maximum absolute atomic E-state index is 10.8. The van der Waals surface area contributed by atoms with E-state index < -0.39 is 5.97 Å². The highest BCUT2D eigenvalue weighted by Gasteiger charge is 2.08. The lowest BCUT2D eigenvalue weighted by Crippen LogP contribution is -1.93. The van der Waals surface area contributed by atoms with E-state index in [9.17, 15) is 4.79 Å². The fourth-order valence-electron chi connectivity index (χ4n) is 1.18. The first-order valence-electron chi connectivity index (χ1n) is 4.30.